The third kappa shape index (κ3) is 5.36. The molecule has 1 fully saturated rings. The van der Waals surface area contributed by atoms with Crippen LogP contribution in [0.3, 0.4) is 0 Å². The van der Waals surface area contributed by atoms with Gasteiger partial charge in [-0.15, -0.1) is 0 Å². The van der Waals surface area contributed by atoms with Crippen LogP contribution >= 0.6 is 0 Å². The van der Waals surface area contributed by atoms with Gasteiger partial charge in [-0.05, 0) is 18.8 Å². The van der Waals surface area contributed by atoms with Crippen molar-refractivity contribution >= 4 is 17.5 Å². The highest BCUT2D eigenvalue weighted by molar-refractivity contribution is 5.97. The van der Waals surface area contributed by atoms with E-state index in [2.05, 4.69) is 0 Å². The van der Waals surface area contributed by atoms with Crippen molar-refractivity contribution in [1.82, 2.24) is 0 Å². The predicted molar refractivity (Wildman–Crippen MR) is 97.3 cm³/mol. The van der Waals surface area contributed by atoms with Crippen LogP contribution in [-0.2, 0) is 19.1 Å². The molecule has 0 radical (unpaired) electrons. The molecule has 1 aliphatic rings. The molecule has 6 nitrogen and oxygen atoms in total. The molecule has 0 aromatic carbocycles. The molecule has 0 spiro atoms. The lowest BCUT2D eigenvalue weighted by atomic mass is 9.78. The summed E-state index contributed by atoms with van der Waals surface area (Å²) >= 11 is 0. The normalized spacial score (nSPS) is 41.5. The standard InChI is InChI=1S/C20H34O6/c1-7-16-13(5)20(25)14(6)19(24)11(3)8-10(2)18(23)12(4)15(21)9-17(22)26-16/h10-14,16,18,20,23,25H,7-9H2,1-6H3/t10-,11+,12-,13-,14-,16+,18-,20-/m0/s1. The van der Waals surface area contributed by atoms with Gasteiger partial charge in [0.05, 0.1) is 12.2 Å². The molecular formula is C20H34O6. The van der Waals surface area contributed by atoms with E-state index in [1.807, 2.05) is 6.92 Å². The summed E-state index contributed by atoms with van der Waals surface area (Å²) < 4.78 is 5.41. The number of rotatable bonds is 1. The maximum absolute atomic E-state index is 12.7. The lowest BCUT2D eigenvalue weighted by Gasteiger charge is -2.33. The third-order valence-electron chi connectivity index (χ3n) is 5.90. The quantitative estimate of drug-likeness (QED) is 0.542. The van der Waals surface area contributed by atoms with Gasteiger partial charge in [-0.3, -0.25) is 14.4 Å². The maximum Gasteiger partial charge on any atom is 0.313 e. The van der Waals surface area contributed by atoms with E-state index in [-0.39, 0.29) is 23.4 Å². The molecule has 0 aromatic heterocycles. The number of carbonyl (C=O) groups is 3. The lowest BCUT2D eigenvalue weighted by molar-refractivity contribution is -0.158. The van der Waals surface area contributed by atoms with Gasteiger partial charge in [-0.25, -0.2) is 0 Å². The smallest absolute Gasteiger partial charge is 0.313 e. The van der Waals surface area contributed by atoms with Crippen LogP contribution in [0.1, 0.15) is 60.8 Å². The molecule has 0 unspecified atom stereocenters. The van der Waals surface area contributed by atoms with Crippen LogP contribution in [0.5, 0.6) is 0 Å². The number of esters is 1. The molecule has 6 heteroatoms. The number of ketones is 2. The highest BCUT2D eigenvalue weighted by Crippen LogP contribution is 2.28. The van der Waals surface area contributed by atoms with Gasteiger partial charge in [0, 0.05) is 23.7 Å². The molecule has 8 atom stereocenters. The number of ether oxygens (including phenoxy) is 1. The Morgan fingerprint density at radius 1 is 0.962 bits per heavy atom. The van der Waals surface area contributed by atoms with Crippen molar-refractivity contribution in [1.29, 1.82) is 0 Å². The first-order valence-corrected chi connectivity index (χ1v) is 9.63. The highest BCUT2D eigenvalue weighted by Gasteiger charge is 2.37. The Morgan fingerprint density at radius 2 is 1.54 bits per heavy atom. The third-order valence-corrected chi connectivity index (χ3v) is 5.90. The number of hydrogen-bond acceptors (Lipinski definition) is 6. The summed E-state index contributed by atoms with van der Waals surface area (Å²) in [6.45, 7) is 10.4. The Balaban J connectivity index is 3.15. The average molecular weight is 370 g/mol. The second-order valence-corrected chi connectivity index (χ2v) is 8.01. The van der Waals surface area contributed by atoms with E-state index in [9.17, 15) is 24.6 Å². The molecule has 0 aromatic rings. The fourth-order valence-corrected chi connectivity index (χ4v) is 3.87. The van der Waals surface area contributed by atoms with Crippen LogP contribution in [0, 0.1) is 29.6 Å². The van der Waals surface area contributed by atoms with Crippen molar-refractivity contribution in [3.05, 3.63) is 0 Å². The number of aliphatic hydroxyl groups is 2. The minimum atomic E-state index is -0.944. The van der Waals surface area contributed by atoms with E-state index in [1.165, 1.54) is 0 Å². The number of aliphatic hydroxyl groups excluding tert-OH is 2. The molecule has 0 bridgehead atoms. The first kappa shape index (κ1) is 22.8. The Morgan fingerprint density at radius 3 is 2.08 bits per heavy atom. The maximum atomic E-state index is 12.7. The molecule has 150 valence electrons. The fourth-order valence-electron chi connectivity index (χ4n) is 3.87. The van der Waals surface area contributed by atoms with E-state index in [0.717, 1.165) is 0 Å². The molecule has 0 amide bonds. The van der Waals surface area contributed by atoms with Gasteiger partial charge < -0.3 is 14.9 Å². The summed E-state index contributed by atoms with van der Waals surface area (Å²) in [7, 11) is 0. The van der Waals surface area contributed by atoms with Gasteiger partial charge in [0.15, 0.2) is 0 Å². The van der Waals surface area contributed by atoms with Gasteiger partial charge in [0.2, 0.25) is 0 Å². The Labute approximate surface area is 156 Å². The number of carbonyl (C=O) groups excluding carboxylic acids is 3. The molecule has 1 saturated heterocycles. The topological polar surface area (TPSA) is 101 Å². The molecule has 2 N–H and O–H groups in total. The predicted octanol–water partition coefficient (Wildman–Crippen LogP) is 2.14. The first-order valence-electron chi connectivity index (χ1n) is 9.63. The lowest BCUT2D eigenvalue weighted by Crippen LogP contribution is -2.42. The zero-order valence-electron chi connectivity index (χ0n) is 16.8. The summed E-state index contributed by atoms with van der Waals surface area (Å²) in [5.41, 5.74) is 0. The zero-order valence-corrected chi connectivity index (χ0v) is 16.8. The Bertz CT molecular complexity index is 516. The molecule has 1 rings (SSSR count). The van der Waals surface area contributed by atoms with Crippen LogP contribution in [0.15, 0.2) is 0 Å². The second-order valence-electron chi connectivity index (χ2n) is 8.01. The summed E-state index contributed by atoms with van der Waals surface area (Å²) in [5, 5.41) is 21.1. The molecule has 1 aliphatic heterocycles. The zero-order chi connectivity index (χ0) is 20.2. The van der Waals surface area contributed by atoms with E-state index in [1.54, 1.807) is 34.6 Å². The monoisotopic (exact) mass is 370 g/mol. The molecule has 0 aliphatic carbocycles. The largest absolute Gasteiger partial charge is 0.462 e. The summed E-state index contributed by atoms with van der Waals surface area (Å²) in [6.07, 6.45) is -1.95. The number of cyclic esters (lactones) is 1. The van der Waals surface area contributed by atoms with E-state index >= 15 is 0 Å². The van der Waals surface area contributed by atoms with Crippen LogP contribution in [-0.4, -0.2) is 46.1 Å². The molecule has 0 saturated carbocycles. The van der Waals surface area contributed by atoms with Crippen molar-refractivity contribution in [2.45, 2.75) is 79.1 Å². The first-order chi connectivity index (χ1) is 12.0. The molecule has 26 heavy (non-hydrogen) atoms. The van der Waals surface area contributed by atoms with Crippen molar-refractivity contribution in [3.63, 3.8) is 0 Å². The Hall–Kier alpha value is -1.27. The van der Waals surface area contributed by atoms with E-state index in [0.29, 0.717) is 12.8 Å². The molecule has 1 heterocycles. The number of hydrogen-bond donors (Lipinski definition) is 2. The van der Waals surface area contributed by atoms with Crippen LogP contribution in [0.4, 0.5) is 0 Å². The minimum absolute atomic E-state index is 0.0828. The van der Waals surface area contributed by atoms with Gasteiger partial charge in [-0.2, -0.15) is 0 Å². The van der Waals surface area contributed by atoms with Crippen molar-refractivity contribution in [2.75, 3.05) is 0 Å². The number of Topliss-reactive ketones (excluding diaryl/α,β-unsaturated/α-hetero) is 2. The Kier molecular flexibility index (Phi) is 8.41. The SMILES string of the molecule is CC[C@H]1OC(=O)CC(=O)[C@H](C)[C@@H](O)[C@@H](C)C[C@@H](C)C(=O)[C@H](C)[C@@H](O)[C@H]1C. The average Bonchev–Trinajstić information content (AvgIpc) is 2.61. The van der Waals surface area contributed by atoms with Crippen molar-refractivity contribution in [3.8, 4) is 0 Å². The van der Waals surface area contributed by atoms with Crippen LogP contribution in [0.2, 0.25) is 0 Å². The van der Waals surface area contributed by atoms with E-state index in [4.69, 9.17) is 4.74 Å². The second kappa shape index (κ2) is 9.60. The van der Waals surface area contributed by atoms with Crippen LogP contribution < -0.4 is 0 Å². The summed E-state index contributed by atoms with van der Waals surface area (Å²) in [5.74, 6) is -3.46. The molecular weight excluding hydrogens is 336 g/mol. The van der Waals surface area contributed by atoms with Gasteiger partial charge in [-0.1, -0.05) is 41.5 Å². The summed E-state index contributed by atoms with van der Waals surface area (Å²) in [6, 6.07) is 0. The fraction of sp³-hybridized carbons (Fsp3) is 0.850. The van der Waals surface area contributed by atoms with Gasteiger partial charge in [0.25, 0.3) is 0 Å². The van der Waals surface area contributed by atoms with Crippen LogP contribution in [0.25, 0.3) is 0 Å². The van der Waals surface area contributed by atoms with Crippen molar-refractivity contribution in [2.24, 2.45) is 29.6 Å². The van der Waals surface area contributed by atoms with Gasteiger partial charge in [0.1, 0.15) is 24.1 Å². The minimum Gasteiger partial charge on any atom is -0.462 e. The van der Waals surface area contributed by atoms with Crippen molar-refractivity contribution < 1.29 is 29.3 Å². The van der Waals surface area contributed by atoms with E-state index < -0.39 is 48.5 Å². The highest BCUT2D eigenvalue weighted by atomic mass is 16.5. The summed E-state index contributed by atoms with van der Waals surface area (Å²) in [4.78, 5) is 37.2. The van der Waals surface area contributed by atoms with Gasteiger partial charge >= 0.3 is 5.97 Å².